The molecule has 4 aromatic rings. The lowest BCUT2D eigenvalue weighted by atomic mass is 10.2. The van der Waals surface area contributed by atoms with E-state index in [9.17, 15) is 4.79 Å². The second kappa shape index (κ2) is 7.03. The Bertz CT molecular complexity index is 1010. The third-order valence-electron chi connectivity index (χ3n) is 3.77. The molecule has 5 heteroatoms. The van der Waals surface area contributed by atoms with Crippen molar-refractivity contribution in [1.29, 1.82) is 0 Å². The Hall–Kier alpha value is -3.73. The SMILES string of the molecule is O=C(Oc1ccc(-c2nnc(-c3ccccc3)o2)cc1)c1ccccc1. The summed E-state index contributed by atoms with van der Waals surface area (Å²) in [7, 11) is 0. The van der Waals surface area contributed by atoms with Crippen LogP contribution in [0.3, 0.4) is 0 Å². The zero-order valence-corrected chi connectivity index (χ0v) is 13.7. The average Bonchev–Trinajstić information content (AvgIpc) is 3.20. The van der Waals surface area contributed by atoms with Crippen LogP contribution < -0.4 is 4.74 Å². The number of benzene rings is 3. The number of aromatic nitrogens is 2. The van der Waals surface area contributed by atoms with Crippen molar-refractivity contribution in [2.75, 3.05) is 0 Å². The van der Waals surface area contributed by atoms with Crippen LogP contribution in [0, 0.1) is 0 Å². The van der Waals surface area contributed by atoms with E-state index in [1.165, 1.54) is 0 Å². The third-order valence-corrected chi connectivity index (χ3v) is 3.77. The van der Waals surface area contributed by atoms with Gasteiger partial charge in [0.25, 0.3) is 0 Å². The lowest BCUT2D eigenvalue weighted by molar-refractivity contribution is 0.0735. The second-order valence-electron chi connectivity index (χ2n) is 5.56. The molecule has 0 saturated carbocycles. The second-order valence-corrected chi connectivity index (χ2v) is 5.56. The molecular weight excluding hydrogens is 328 g/mol. The molecule has 126 valence electrons. The predicted molar refractivity (Wildman–Crippen MR) is 96.6 cm³/mol. The van der Waals surface area contributed by atoms with E-state index in [-0.39, 0.29) is 0 Å². The molecule has 0 saturated heterocycles. The summed E-state index contributed by atoms with van der Waals surface area (Å²) in [5.74, 6) is 0.915. The van der Waals surface area contributed by atoms with E-state index in [1.807, 2.05) is 36.4 Å². The van der Waals surface area contributed by atoms with Gasteiger partial charge in [0, 0.05) is 11.1 Å². The van der Waals surface area contributed by atoms with Gasteiger partial charge in [0.15, 0.2) is 0 Å². The standard InChI is InChI=1S/C21H14N2O3/c24-21(17-9-5-2-6-10-17)25-18-13-11-16(12-14-18)20-23-22-19(26-20)15-7-3-1-4-8-15/h1-14H. The summed E-state index contributed by atoms with van der Waals surface area (Å²) in [5.41, 5.74) is 2.11. The molecule has 0 unspecified atom stereocenters. The van der Waals surface area contributed by atoms with Gasteiger partial charge >= 0.3 is 5.97 Å². The molecule has 0 amide bonds. The highest BCUT2D eigenvalue weighted by Crippen LogP contribution is 2.25. The van der Waals surface area contributed by atoms with E-state index in [4.69, 9.17) is 9.15 Å². The Labute approximate surface area is 149 Å². The van der Waals surface area contributed by atoms with Crippen molar-refractivity contribution in [3.8, 4) is 28.7 Å². The lowest BCUT2D eigenvalue weighted by Crippen LogP contribution is -2.07. The maximum atomic E-state index is 12.1. The number of esters is 1. The van der Waals surface area contributed by atoms with E-state index < -0.39 is 5.97 Å². The van der Waals surface area contributed by atoms with Crippen LogP contribution in [0.5, 0.6) is 5.75 Å². The molecule has 0 bridgehead atoms. The molecule has 0 atom stereocenters. The number of hydrogen-bond acceptors (Lipinski definition) is 5. The van der Waals surface area contributed by atoms with Gasteiger partial charge in [-0.05, 0) is 48.5 Å². The van der Waals surface area contributed by atoms with E-state index in [1.54, 1.807) is 48.5 Å². The van der Waals surface area contributed by atoms with Gasteiger partial charge in [0.1, 0.15) is 5.75 Å². The van der Waals surface area contributed by atoms with Gasteiger partial charge in [-0.3, -0.25) is 0 Å². The van der Waals surface area contributed by atoms with Gasteiger partial charge in [0.2, 0.25) is 11.8 Å². The highest BCUT2D eigenvalue weighted by molar-refractivity contribution is 5.91. The molecule has 3 aromatic carbocycles. The Morgan fingerprint density at radius 1 is 0.692 bits per heavy atom. The summed E-state index contributed by atoms with van der Waals surface area (Å²) in [4.78, 5) is 12.1. The molecule has 0 radical (unpaired) electrons. The molecule has 1 heterocycles. The van der Waals surface area contributed by atoms with Crippen LogP contribution >= 0.6 is 0 Å². The smallest absolute Gasteiger partial charge is 0.343 e. The third kappa shape index (κ3) is 3.37. The molecule has 0 fully saturated rings. The molecule has 0 aliphatic rings. The highest BCUT2D eigenvalue weighted by Gasteiger charge is 2.11. The van der Waals surface area contributed by atoms with Gasteiger partial charge in [-0.25, -0.2) is 4.79 Å². The zero-order valence-electron chi connectivity index (χ0n) is 13.7. The minimum atomic E-state index is -0.400. The first kappa shape index (κ1) is 15.8. The van der Waals surface area contributed by atoms with Crippen LogP contribution in [-0.4, -0.2) is 16.2 Å². The summed E-state index contributed by atoms with van der Waals surface area (Å²) in [5, 5.41) is 8.15. The van der Waals surface area contributed by atoms with Crippen molar-refractivity contribution in [3.05, 3.63) is 90.5 Å². The molecule has 0 aliphatic carbocycles. The Balaban J connectivity index is 1.50. The first-order valence-electron chi connectivity index (χ1n) is 8.06. The minimum Gasteiger partial charge on any atom is -0.423 e. The van der Waals surface area contributed by atoms with Crippen molar-refractivity contribution in [3.63, 3.8) is 0 Å². The first-order valence-corrected chi connectivity index (χ1v) is 8.06. The van der Waals surface area contributed by atoms with Crippen LogP contribution in [0.15, 0.2) is 89.3 Å². The maximum Gasteiger partial charge on any atom is 0.343 e. The first-order chi connectivity index (χ1) is 12.8. The maximum absolute atomic E-state index is 12.1. The van der Waals surface area contributed by atoms with Crippen molar-refractivity contribution >= 4 is 5.97 Å². The number of carbonyl (C=O) groups excluding carboxylic acids is 1. The quantitative estimate of drug-likeness (QED) is 0.400. The monoisotopic (exact) mass is 342 g/mol. The molecule has 0 aliphatic heterocycles. The van der Waals surface area contributed by atoms with Crippen molar-refractivity contribution < 1.29 is 13.9 Å². The Kier molecular flexibility index (Phi) is 4.26. The number of rotatable bonds is 4. The number of hydrogen-bond donors (Lipinski definition) is 0. The summed E-state index contributed by atoms with van der Waals surface area (Å²) in [6.07, 6.45) is 0. The number of ether oxygens (including phenoxy) is 1. The largest absolute Gasteiger partial charge is 0.423 e. The summed E-state index contributed by atoms with van der Waals surface area (Å²) in [6, 6.07) is 25.4. The lowest BCUT2D eigenvalue weighted by Gasteiger charge is -2.04. The molecule has 4 rings (SSSR count). The fourth-order valence-electron chi connectivity index (χ4n) is 2.44. The molecule has 5 nitrogen and oxygen atoms in total. The average molecular weight is 342 g/mol. The van der Waals surface area contributed by atoms with Gasteiger partial charge in [-0.2, -0.15) is 0 Å². The molecule has 1 aromatic heterocycles. The molecule has 0 N–H and O–H groups in total. The van der Waals surface area contributed by atoms with Crippen LogP contribution in [0.2, 0.25) is 0 Å². The van der Waals surface area contributed by atoms with Gasteiger partial charge in [-0.15, -0.1) is 10.2 Å². The van der Waals surface area contributed by atoms with Crippen molar-refractivity contribution in [2.24, 2.45) is 0 Å². The fraction of sp³-hybridized carbons (Fsp3) is 0. The summed E-state index contributed by atoms with van der Waals surface area (Å²) >= 11 is 0. The van der Waals surface area contributed by atoms with Crippen molar-refractivity contribution in [2.45, 2.75) is 0 Å². The molecule has 0 spiro atoms. The Morgan fingerprint density at radius 2 is 1.23 bits per heavy atom. The van der Waals surface area contributed by atoms with Crippen LogP contribution in [0.25, 0.3) is 22.9 Å². The van der Waals surface area contributed by atoms with Gasteiger partial charge in [0.05, 0.1) is 5.56 Å². The molecular formula is C21H14N2O3. The molecule has 26 heavy (non-hydrogen) atoms. The van der Waals surface area contributed by atoms with Crippen molar-refractivity contribution in [1.82, 2.24) is 10.2 Å². The topological polar surface area (TPSA) is 65.2 Å². The van der Waals surface area contributed by atoms with Crippen LogP contribution in [-0.2, 0) is 0 Å². The van der Waals surface area contributed by atoms with Gasteiger partial charge in [-0.1, -0.05) is 36.4 Å². The Morgan fingerprint density at radius 3 is 1.85 bits per heavy atom. The van der Waals surface area contributed by atoms with E-state index in [0.29, 0.717) is 23.1 Å². The normalized spacial score (nSPS) is 10.5. The van der Waals surface area contributed by atoms with E-state index >= 15 is 0 Å². The zero-order chi connectivity index (χ0) is 17.8. The number of carbonyl (C=O) groups is 1. The number of nitrogens with zero attached hydrogens (tertiary/aromatic N) is 2. The summed E-state index contributed by atoms with van der Waals surface area (Å²) < 4.78 is 11.1. The van der Waals surface area contributed by atoms with E-state index in [0.717, 1.165) is 11.1 Å². The summed E-state index contributed by atoms with van der Waals surface area (Å²) in [6.45, 7) is 0. The van der Waals surface area contributed by atoms with Crippen LogP contribution in [0.4, 0.5) is 0 Å². The fourth-order valence-corrected chi connectivity index (χ4v) is 2.44. The van der Waals surface area contributed by atoms with Gasteiger partial charge < -0.3 is 9.15 Å². The van der Waals surface area contributed by atoms with E-state index in [2.05, 4.69) is 10.2 Å². The minimum absolute atomic E-state index is 0.400. The predicted octanol–water partition coefficient (Wildman–Crippen LogP) is 4.62. The highest BCUT2D eigenvalue weighted by atomic mass is 16.5. The van der Waals surface area contributed by atoms with Crippen LogP contribution in [0.1, 0.15) is 10.4 Å².